The van der Waals surface area contributed by atoms with Crippen LogP contribution in [0.5, 0.6) is 5.75 Å². The number of hydrogen-bond acceptors (Lipinski definition) is 6. The molecule has 1 N–H and O–H groups in total. The third-order valence-electron chi connectivity index (χ3n) is 5.20. The number of rotatable bonds is 8. The highest BCUT2D eigenvalue weighted by Gasteiger charge is 2.21. The molecule has 0 bridgehead atoms. The van der Waals surface area contributed by atoms with E-state index >= 15 is 0 Å². The van der Waals surface area contributed by atoms with E-state index in [1.54, 1.807) is 17.7 Å². The molecule has 0 aliphatic heterocycles. The standard InChI is InChI=1S/C23H25N5O3S/c1-4-13-24-20(29)15(2)32-23-26-25-22-27(14-16-9-5-8-12-19(16)31-3)21(30)17-10-6-7-11-18(17)28(22)23/h5-12,15H,4,13-14H2,1-3H3,(H,24,29). The summed E-state index contributed by atoms with van der Waals surface area (Å²) in [5.41, 5.74) is 1.41. The van der Waals surface area contributed by atoms with Gasteiger partial charge in [-0.15, -0.1) is 10.2 Å². The normalized spacial score (nSPS) is 12.2. The molecular formula is C23H25N5O3S. The molecule has 0 radical (unpaired) electrons. The minimum absolute atomic E-state index is 0.0553. The minimum Gasteiger partial charge on any atom is -0.496 e. The average molecular weight is 452 g/mol. The van der Waals surface area contributed by atoms with Gasteiger partial charge >= 0.3 is 0 Å². The van der Waals surface area contributed by atoms with E-state index in [2.05, 4.69) is 15.5 Å². The van der Waals surface area contributed by atoms with E-state index in [4.69, 9.17) is 4.74 Å². The van der Waals surface area contributed by atoms with Crippen LogP contribution in [0.3, 0.4) is 0 Å². The molecule has 2 aromatic heterocycles. The Hall–Kier alpha value is -3.33. The number of aromatic nitrogens is 4. The Morgan fingerprint density at radius 1 is 1.16 bits per heavy atom. The molecule has 0 spiro atoms. The predicted octanol–water partition coefficient (Wildman–Crippen LogP) is 3.11. The zero-order valence-electron chi connectivity index (χ0n) is 18.2. The summed E-state index contributed by atoms with van der Waals surface area (Å²) in [6.07, 6.45) is 0.872. The third-order valence-corrected chi connectivity index (χ3v) is 6.24. The van der Waals surface area contributed by atoms with Gasteiger partial charge in [0.05, 0.1) is 29.8 Å². The number of benzene rings is 2. The lowest BCUT2D eigenvalue weighted by atomic mass is 10.2. The van der Waals surface area contributed by atoms with Crippen LogP contribution in [0, 0.1) is 0 Å². The first-order valence-corrected chi connectivity index (χ1v) is 11.4. The number of methoxy groups -OCH3 is 1. The molecule has 4 aromatic rings. The molecule has 2 aromatic carbocycles. The number of para-hydroxylation sites is 2. The van der Waals surface area contributed by atoms with E-state index < -0.39 is 0 Å². The third kappa shape index (κ3) is 4.08. The highest BCUT2D eigenvalue weighted by atomic mass is 32.2. The van der Waals surface area contributed by atoms with Crippen molar-refractivity contribution in [3.63, 3.8) is 0 Å². The van der Waals surface area contributed by atoms with E-state index in [1.807, 2.05) is 60.7 Å². The Labute approximate surface area is 189 Å². The number of carbonyl (C=O) groups excluding carboxylic acids is 1. The van der Waals surface area contributed by atoms with Crippen molar-refractivity contribution in [2.75, 3.05) is 13.7 Å². The van der Waals surface area contributed by atoms with Gasteiger partial charge in [0.1, 0.15) is 5.75 Å². The summed E-state index contributed by atoms with van der Waals surface area (Å²) >= 11 is 1.32. The molecule has 0 aliphatic carbocycles. The van der Waals surface area contributed by atoms with Gasteiger partial charge < -0.3 is 10.1 Å². The number of nitrogens with one attached hydrogen (secondary N) is 1. The van der Waals surface area contributed by atoms with Crippen LogP contribution in [0.15, 0.2) is 58.5 Å². The van der Waals surface area contributed by atoms with Gasteiger partial charge in [-0.3, -0.25) is 18.6 Å². The predicted molar refractivity (Wildman–Crippen MR) is 125 cm³/mol. The summed E-state index contributed by atoms with van der Waals surface area (Å²) in [6, 6.07) is 14.9. The van der Waals surface area contributed by atoms with Crippen molar-refractivity contribution in [2.24, 2.45) is 0 Å². The van der Waals surface area contributed by atoms with E-state index in [1.165, 1.54) is 11.8 Å². The first-order chi connectivity index (χ1) is 15.5. The van der Waals surface area contributed by atoms with Gasteiger partial charge in [0.25, 0.3) is 5.56 Å². The molecule has 166 valence electrons. The zero-order valence-corrected chi connectivity index (χ0v) is 19.1. The molecule has 9 heteroatoms. The van der Waals surface area contributed by atoms with Crippen molar-refractivity contribution in [1.82, 2.24) is 24.5 Å². The number of nitrogens with zero attached hydrogens (tertiary/aromatic N) is 4. The van der Waals surface area contributed by atoms with Crippen LogP contribution in [-0.2, 0) is 11.3 Å². The van der Waals surface area contributed by atoms with E-state index in [-0.39, 0.29) is 23.3 Å². The molecule has 0 aliphatic rings. The van der Waals surface area contributed by atoms with Gasteiger partial charge in [-0.25, -0.2) is 0 Å². The molecule has 0 saturated carbocycles. The molecule has 1 unspecified atom stereocenters. The molecule has 1 atom stereocenters. The molecule has 4 rings (SSSR count). The monoisotopic (exact) mass is 451 g/mol. The Morgan fingerprint density at radius 3 is 2.69 bits per heavy atom. The summed E-state index contributed by atoms with van der Waals surface area (Å²) in [6.45, 7) is 4.76. The van der Waals surface area contributed by atoms with Gasteiger partial charge in [0.15, 0.2) is 5.16 Å². The van der Waals surface area contributed by atoms with E-state index in [0.29, 0.717) is 34.1 Å². The maximum Gasteiger partial charge on any atom is 0.263 e. The fraction of sp³-hybridized carbons (Fsp3) is 0.304. The lowest BCUT2D eigenvalue weighted by molar-refractivity contribution is -0.120. The maximum atomic E-state index is 13.4. The largest absolute Gasteiger partial charge is 0.496 e. The molecule has 0 fully saturated rings. The summed E-state index contributed by atoms with van der Waals surface area (Å²) in [5, 5.41) is 12.3. The van der Waals surface area contributed by atoms with Crippen molar-refractivity contribution in [3.8, 4) is 5.75 Å². The van der Waals surface area contributed by atoms with E-state index in [9.17, 15) is 9.59 Å². The molecule has 32 heavy (non-hydrogen) atoms. The first-order valence-electron chi connectivity index (χ1n) is 10.5. The highest BCUT2D eigenvalue weighted by Crippen LogP contribution is 2.26. The van der Waals surface area contributed by atoms with Crippen molar-refractivity contribution in [2.45, 2.75) is 37.2 Å². The van der Waals surface area contributed by atoms with Gasteiger partial charge in [-0.2, -0.15) is 0 Å². The fourth-order valence-electron chi connectivity index (χ4n) is 3.56. The summed E-state index contributed by atoms with van der Waals surface area (Å²) in [5.74, 6) is 1.06. The number of fused-ring (bicyclic) bond motifs is 3. The van der Waals surface area contributed by atoms with Crippen LogP contribution in [-0.4, -0.2) is 44.0 Å². The molecule has 2 heterocycles. The number of amides is 1. The number of ether oxygens (including phenoxy) is 1. The second-order valence-electron chi connectivity index (χ2n) is 7.39. The Bertz CT molecular complexity index is 1330. The Morgan fingerprint density at radius 2 is 1.91 bits per heavy atom. The SMILES string of the molecule is CCCNC(=O)C(C)Sc1nnc2n(Cc3ccccc3OC)c(=O)c3ccccc3n12. The lowest BCUT2D eigenvalue weighted by Crippen LogP contribution is -2.31. The second-order valence-corrected chi connectivity index (χ2v) is 8.70. The smallest absolute Gasteiger partial charge is 0.263 e. The summed E-state index contributed by atoms with van der Waals surface area (Å²) in [7, 11) is 1.61. The topological polar surface area (TPSA) is 90.5 Å². The first kappa shape index (κ1) is 21.9. The second kappa shape index (κ2) is 9.44. The van der Waals surface area contributed by atoms with Gasteiger partial charge in [0.2, 0.25) is 11.7 Å². The fourth-order valence-corrected chi connectivity index (χ4v) is 4.44. The van der Waals surface area contributed by atoms with Crippen LogP contribution >= 0.6 is 11.8 Å². The Balaban J connectivity index is 1.84. The zero-order chi connectivity index (χ0) is 22.7. The number of hydrogen-bond donors (Lipinski definition) is 1. The van der Waals surface area contributed by atoms with Crippen molar-refractivity contribution < 1.29 is 9.53 Å². The highest BCUT2D eigenvalue weighted by molar-refractivity contribution is 8.00. The maximum absolute atomic E-state index is 13.4. The summed E-state index contributed by atoms with van der Waals surface area (Å²) in [4.78, 5) is 25.8. The minimum atomic E-state index is -0.359. The van der Waals surface area contributed by atoms with Crippen LogP contribution in [0.2, 0.25) is 0 Å². The van der Waals surface area contributed by atoms with Gasteiger partial charge in [0, 0.05) is 12.1 Å². The van der Waals surface area contributed by atoms with E-state index in [0.717, 1.165) is 12.0 Å². The Kier molecular flexibility index (Phi) is 6.45. The van der Waals surface area contributed by atoms with Gasteiger partial charge in [-0.05, 0) is 31.5 Å². The van der Waals surface area contributed by atoms with Crippen LogP contribution in [0.1, 0.15) is 25.8 Å². The van der Waals surface area contributed by atoms with Crippen LogP contribution < -0.4 is 15.6 Å². The summed E-state index contributed by atoms with van der Waals surface area (Å²) < 4.78 is 8.91. The van der Waals surface area contributed by atoms with Crippen molar-refractivity contribution >= 4 is 34.3 Å². The molecule has 1 amide bonds. The quantitative estimate of drug-likeness (QED) is 0.414. The van der Waals surface area contributed by atoms with Crippen LogP contribution in [0.25, 0.3) is 16.7 Å². The van der Waals surface area contributed by atoms with Crippen molar-refractivity contribution in [1.29, 1.82) is 0 Å². The molecular weight excluding hydrogens is 426 g/mol. The average Bonchev–Trinajstić information content (AvgIpc) is 3.23. The number of thioether (sulfide) groups is 1. The van der Waals surface area contributed by atoms with Crippen molar-refractivity contribution in [3.05, 3.63) is 64.4 Å². The lowest BCUT2D eigenvalue weighted by Gasteiger charge is -2.14. The molecule has 8 nitrogen and oxygen atoms in total. The van der Waals surface area contributed by atoms with Gasteiger partial charge in [-0.1, -0.05) is 49.0 Å². The number of carbonyl (C=O) groups is 1. The molecule has 0 saturated heterocycles. The van der Waals surface area contributed by atoms with Crippen LogP contribution in [0.4, 0.5) is 0 Å².